The summed E-state index contributed by atoms with van der Waals surface area (Å²) in [4.78, 5) is 21.3. The third-order valence-electron chi connectivity index (χ3n) is 3.58. The van der Waals surface area contributed by atoms with Crippen molar-refractivity contribution in [1.29, 1.82) is 0 Å². The number of carboxylic acid groups (broad SMARTS) is 1. The minimum absolute atomic E-state index is 0.207. The minimum atomic E-state index is -0.704. The van der Waals surface area contributed by atoms with Gasteiger partial charge in [0.1, 0.15) is 18.0 Å². The second-order valence-corrected chi connectivity index (χ2v) is 4.78. The van der Waals surface area contributed by atoms with Gasteiger partial charge in [0.2, 0.25) is 0 Å². The lowest BCUT2D eigenvalue weighted by Gasteiger charge is -2.33. The van der Waals surface area contributed by atoms with Gasteiger partial charge >= 0.3 is 5.97 Å². The van der Waals surface area contributed by atoms with Crippen molar-refractivity contribution in [2.45, 2.75) is 32.7 Å². The molecule has 0 unspecified atom stereocenters. The summed E-state index contributed by atoms with van der Waals surface area (Å²) in [5, 5.41) is 12.1. The van der Waals surface area contributed by atoms with E-state index in [-0.39, 0.29) is 12.0 Å². The van der Waals surface area contributed by atoms with Gasteiger partial charge in [0.25, 0.3) is 0 Å². The second-order valence-electron chi connectivity index (χ2n) is 4.78. The molecule has 0 amide bonds. The van der Waals surface area contributed by atoms with E-state index in [1.54, 1.807) is 6.33 Å². The standard InChI is InChI=1S/C13H20N4O2/c1-3-17(4-2)12-7-11(14-8-15-12)16-10-5-9(6-10)13(18)19/h7-10H,3-6H2,1-2H3,(H,18,19)(H,14,15,16). The smallest absolute Gasteiger partial charge is 0.306 e. The number of carboxylic acids is 1. The highest BCUT2D eigenvalue weighted by atomic mass is 16.4. The van der Waals surface area contributed by atoms with Crippen LogP contribution >= 0.6 is 0 Å². The minimum Gasteiger partial charge on any atom is -0.481 e. The zero-order valence-electron chi connectivity index (χ0n) is 11.3. The fourth-order valence-corrected chi connectivity index (χ4v) is 2.29. The highest BCUT2D eigenvalue weighted by Gasteiger charge is 2.34. The lowest BCUT2D eigenvalue weighted by atomic mass is 9.80. The van der Waals surface area contributed by atoms with Crippen LogP contribution < -0.4 is 10.2 Å². The zero-order valence-corrected chi connectivity index (χ0v) is 11.3. The van der Waals surface area contributed by atoms with Gasteiger partial charge in [-0.2, -0.15) is 0 Å². The van der Waals surface area contributed by atoms with Crippen LogP contribution in [0.1, 0.15) is 26.7 Å². The van der Waals surface area contributed by atoms with Gasteiger partial charge < -0.3 is 15.3 Å². The van der Waals surface area contributed by atoms with Crippen molar-refractivity contribution in [3.63, 3.8) is 0 Å². The Balaban J connectivity index is 1.95. The Bertz CT molecular complexity index is 442. The number of rotatable bonds is 6. The number of carbonyl (C=O) groups is 1. The van der Waals surface area contributed by atoms with Gasteiger partial charge in [0.05, 0.1) is 5.92 Å². The molecule has 1 heterocycles. The Hall–Kier alpha value is -1.85. The molecule has 0 saturated heterocycles. The molecule has 0 radical (unpaired) electrons. The molecule has 1 aliphatic rings. The van der Waals surface area contributed by atoms with Crippen molar-refractivity contribution < 1.29 is 9.90 Å². The molecule has 1 aromatic heterocycles. The molecule has 1 saturated carbocycles. The lowest BCUT2D eigenvalue weighted by Crippen LogP contribution is -2.39. The summed E-state index contributed by atoms with van der Waals surface area (Å²) in [6, 6.07) is 2.13. The summed E-state index contributed by atoms with van der Waals surface area (Å²) in [7, 11) is 0. The summed E-state index contributed by atoms with van der Waals surface area (Å²) in [5.74, 6) is 0.758. The van der Waals surface area contributed by atoms with E-state index in [1.165, 1.54) is 0 Å². The van der Waals surface area contributed by atoms with E-state index in [9.17, 15) is 4.79 Å². The summed E-state index contributed by atoms with van der Waals surface area (Å²) < 4.78 is 0. The van der Waals surface area contributed by atoms with Gasteiger partial charge in [-0.25, -0.2) is 9.97 Å². The normalized spacial score (nSPS) is 21.6. The first-order valence-corrected chi connectivity index (χ1v) is 6.70. The predicted octanol–water partition coefficient (Wildman–Crippen LogP) is 1.60. The monoisotopic (exact) mass is 264 g/mol. The SMILES string of the molecule is CCN(CC)c1cc(NC2CC(C(=O)O)C2)ncn1. The van der Waals surface area contributed by atoms with Gasteiger partial charge in [-0.1, -0.05) is 0 Å². The Morgan fingerprint density at radius 2 is 2.11 bits per heavy atom. The molecular formula is C13H20N4O2. The van der Waals surface area contributed by atoms with E-state index in [0.717, 1.165) is 24.7 Å². The zero-order chi connectivity index (χ0) is 13.8. The van der Waals surface area contributed by atoms with Crippen LogP contribution in [0.15, 0.2) is 12.4 Å². The molecule has 1 aliphatic carbocycles. The molecule has 104 valence electrons. The molecule has 6 heteroatoms. The van der Waals surface area contributed by atoms with Crippen molar-refractivity contribution in [2.24, 2.45) is 5.92 Å². The van der Waals surface area contributed by atoms with Crippen molar-refractivity contribution in [1.82, 2.24) is 9.97 Å². The van der Waals surface area contributed by atoms with E-state index in [0.29, 0.717) is 12.8 Å². The molecule has 0 bridgehead atoms. The fourth-order valence-electron chi connectivity index (χ4n) is 2.29. The number of nitrogens with zero attached hydrogens (tertiary/aromatic N) is 3. The maximum absolute atomic E-state index is 10.7. The van der Waals surface area contributed by atoms with Gasteiger partial charge in [-0.05, 0) is 26.7 Å². The van der Waals surface area contributed by atoms with Gasteiger partial charge in [0.15, 0.2) is 0 Å². The van der Waals surface area contributed by atoms with Crippen LogP contribution in [0, 0.1) is 5.92 Å². The van der Waals surface area contributed by atoms with E-state index < -0.39 is 5.97 Å². The van der Waals surface area contributed by atoms with Crippen LogP contribution in [-0.4, -0.2) is 40.2 Å². The first-order chi connectivity index (χ1) is 9.13. The summed E-state index contributed by atoms with van der Waals surface area (Å²) in [6.07, 6.45) is 2.88. The molecule has 19 heavy (non-hydrogen) atoms. The Morgan fingerprint density at radius 3 is 2.68 bits per heavy atom. The first-order valence-electron chi connectivity index (χ1n) is 6.70. The van der Waals surface area contributed by atoms with Crippen molar-refractivity contribution >= 4 is 17.6 Å². The topological polar surface area (TPSA) is 78.4 Å². The van der Waals surface area contributed by atoms with Crippen molar-refractivity contribution in [2.75, 3.05) is 23.3 Å². The highest BCUT2D eigenvalue weighted by Crippen LogP contribution is 2.30. The third kappa shape index (κ3) is 3.13. The number of aromatic nitrogens is 2. The number of hydrogen-bond donors (Lipinski definition) is 2. The van der Waals surface area contributed by atoms with E-state index >= 15 is 0 Å². The van der Waals surface area contributed by atoms with Gasteiger partial charge in [-0.3, -0.25) is 4.79 Å². The molecule has 0 aromatic carbocycles. The molecule has 0 aliphatic heterocycles. The van der Waals surface area contributed by atoms with Crippen LogP contribution in [0.4, 0.5) is 11.6 Å². The molecule has 6 nitrogen and oxygen atoms in total. The average molecular weight is 264 g/mol. The number of nitrogens with one attached hydrogen (secondary N) is 1. The summed E-state index contributed by atoms with van der Waals surface area (Å²) in [5.41, 5.74) is 0. The van der Waals surface area contributed by atoms with Crippen LogP contribution in [0.3, 0.4) is 0 Å². The van der Waals surface area contributed by atoms with Crippen molar-refractivity contribution in [3.8, 4) is 0 Å². The van der Waals surface area contributed by atoms with Crippen LogP contribution in [0.5, 0.6) is 0 Å². The largest absolute Gasteiger partial charge is 0.481 e. The maximum Gasteiger partial charge on any atom is 0.306 e. The summed E-state index contributed by atoms with van der Waals surface area (Å²) >= 11 is 0. The fraction of sp³-hybridized carbons (Fsp3) is 0.615. The molecular weight excluding hydrogens is 244 g/mol. The van der Waals surface area contributed by atoms with Crippen LogP contribution in [0.2, 0.25) is 0 Å². The summed E-state index contributed by atoms with van der Waals surface area (Å²) in [6.45, 7) is 5.97. The van der Waals surface area contributed by atoms with E-state index in [2.05, 4.69) is 34.0 Å². The molecule has 1 fully saturated rings. The first kappa shape index (κ1) is 13.6. The van der Waals surface area contributed by atoms with Crippen molar-refractivity contribution in [3.05, 3.63) is 12.4 Å². The molecule has 2 rings (SSSR count). The maximum atomic E-state index is 10.7. The van der Waals surface area contributed by atoms with Gasteiger partial charge in [0, 0.05) is 25.2 Å². The van der Waals surface area contributed by atoms with Crippen LogP contribution in [-0.2, 0) is 4.79 Å². The Morgan fingerprint density at radius 1 is 1.42 bits per heavy atom. The highest BCUT2D eigenvalue weighted by molar-refractivity contribution is 5.71. The average Bonchev–Trinajstić information content (AvgIpc) is 2.35. The Kier molecular flexibility index (Phi) is 4.19. The number of anilines is 2. The van der Waals surface area contributed by atoms with E-state index in [1.807, 2.05) is 6.07 Å². The molecule has 2 N–H and O–H groups in total. The second kappa shape index (κ2) is 5.86. The van der Waals surface area contributed by atoms with Crippen LogP contribution in [0.25, 0.3) is 0 Å². The Labute approximate surface area is 112 Å². The molecule has 1 aromatic rings. The molecule has 0 atom stereocenters. The number of aliphatic carboxylic acids is 1. The third-order valence-corrected chi connectivity index (χ3v) is 3.58. The quantitative estimate of drug-likeness (QED) is 0.812. The lowest BCUT2D eigenvalue weighted by molar-refractivity contribution is -0.144. The van der Waals surface area contributed by atoms with E-state index in [4.69, 9.17) is 5.11 Å². The predicted molar refractivity (Wildman–Crippen MR) is 73.4 cm³/mol. The number of hydrogen-bond acceptors (Lipinski definition) is 5. The molecule has 0 spiro atoms. The van der Waals surface area contributed by atoms with Gasteiger partial charge in [-0.15, -0.1) is 0 Å².